The lowest BCUT2D eigenvalue weighted by atomic mass is 10.2. The molecule has 0 fully saturated rings. The van der Waals surface area contributed by atoms with Crippen LogP contribution in [0.2, 0.25) is 10.0 Å². The number of halogens is 2. The monoisotopic (exact) mass is 390 g/mol. The van der Waals surface area contributed by atoms with E-state index in [1.165, 1.54) is 5.69 Å². The summed E-state index contributed by atoms with van der Waals surface area (Å²) in [5.41, 5.74) is 3.46. The molecule has 0 unspecified atom stereocenters. The average Bonchev–Trinajstić information content (AvgIpc) is 2.61. The molecule has 0 atom stereocenters. The molecule has 4 nitrogen and oxygen atoms in total. The molecule has 6 heteroatoms. The van der Waals surface area contributed by atoms with Crippen molar-refractivity contribution in [2.45, 2.75) is 13.8 Å². The molecule has 0 aliphatic carbocycles. The highest BCUT2D eigenvalue weighted by atomic mass is 35.5. The molecule has 0 aliphatic rings. The lowest BCUT2D eigenvalue weighted by Crippen LogP contribution is -2.21. The van der Waals surface area contributed by atoms with E-state index in [1.807, 2.05) is 19.0 Å². The van der Waals surface area contributed by atoms with Gasteiger partial charge in [0.2, 0.25) is 0 Å². The molecule has 2 aromatic carbocycles. The summed E-state index contributed by atoms with van der Waals surface area (Å²) in [5.74, 6) is 0. The standard InChI is InChI=1S/C20H24Cl2N4/c1-5-26(6-2)17-9-7-15(8-10-17)13-23-16-11-18(21)20(19(22)12-16)24-14-25(3)4/h7-14H,5-6H2,1-4H3. The minimum atomic E-state index is 0.472. The molecule has 0 aromatic heterocycles. The Labute approximate surface area is 165 Å². The SMILES string of the molecule is CCN(CC)c1ccc(C=Nc2cc(Cl)c(N=CN(C)C)c(Cl)c2)cc1. The van der Waals surface area contributed by atoms with Crippen molar-refractivity contribution < 1.29 is 0 Å². The predicted octanol–water partition coefficient (Wildman–Crippen LogP) is 5.81. The van der Waals surface area contributed by atoms with Gasteiger partial charge < -0.3 is 9.80 Å². The first-order valence-corrected chi connectivity index (χ1v) is 9.29. The van der Waals surface area contributed by atoms with Crippen molar-refractivity contribution in [3.05, 3.63) is 52.0 Å². The van der Waals surface area contributed by atoms with E-state index >= 15 is 0 Å². The number of nitrogens with zero attached hydrogens (tertiary/aromatic N) is 4. The molecule has 138 valence electrons. The van der Waals surface area contributed by atoms with Gasteiger partial charge in [-0.05, 0) is 43.7 Å². The number of aliphatic imine (C=N–C) groups is 2. The fraction of sp³-hybridized carbons (Fsp3) is 0.300. The average molecular weight is 391 g/mol. The molecule has 2 rings (SSSR count). The van der Waals surface area contributed by atoms with Crippen molar-refractivity contribution in [1.82, 2.24) is 4.90 Å². The predicted molar refractivity (Wildman–Crippen MR) is 116 cm³/mol. The third-order valence-electron chi connectivity index (χ3n) is 3.80. The van der Waals surface area contributed by atoms with Gasteiger partial charge in [0.05, 0.1) is 22.1 Å². The first-order chi connectivity index (χ1) is 12.4. The van der Waals surface area contributed by atoms with Crippen molar-refractivity contribution in [1.29, 1.82) is 0 Å². The van der Waals surface area contributed by atoms with Gasteiger partial charge in [-0.3, -0.25) is 4.99 Å². The largest absolute Gasteiger partial charge is 0.372 e. The molecule has 0 amide bonds. The van der Waals surface area contributed by atoms with Crippen molar-refractivity contribution >= 4 is 52.8 Å². The van der Waals surface area contributed by atoms with Crippen LogP contribution < -0.4 is 4.90 Å². The lowest BCUT2D eigenvalue weighted by Gasteiger charge is -2.20. The molecule has 26 heavy (non-hydrogen) atoms. The molecular formula is C20H24Cl2N4. The summed E-state index contributed by atoms with van der Waals surface area (Å²) in [5, 5.41) is 0.944. The van der Waals surface area contributed by atoms with Gasteiger partial charge in [0, 0.05) is 39.1 Å². The van der Waals surface area contributed by atoms with Crippen LogP contribution in [-0.4, -0.2) is 44.6 Å². The number of benzene rings is 2. The van der Waals surface area contributed by atoms with Crippen molar-refractivity contribution in [3.63, 3.8) is 0 Å². The molecular weight excluding hydrogens is 367 g/mol. The second-order valence-electron chi connectivity index (χ2n) is 5.99. The summed E-state index contributed by atoms with van der Waals surface area (Å²) in [6.45, 7) is 6.28. The number of hydrogen-bond donors (Lipinski definition) is 0. The van der Waals surface area contributed by atoms with Crippen LogP contribution in [0.3, 0.4) is 0 Å². The first-order valence-electron chi connectivity index (χ1n) is 8.53. The minimum absolute atomic E-state index is 0.472. The van der Waals surface area contributed by atoms with Gasteiger partial charge in [0.1, 0.15) is 5.69 Å². The topological polar surface area (TPSA) is 31.2 Å². The molecule has 0 bridgehead atoms. The normalized spacial score (nSPS) is 11.5. The molecule has 0 aliphatic heterocycles. The Morgan fingerprint density at radius 1 is 0.923 bits per heavy atom. The fourth-order valence-corrected chi connectivity index (χ4v) is 3.01. The third-order valence-corrected chi connectivity index (χ3v) is 4.38. The first kappa shape index (κ1) is 20.3. The Balaban J connectivity index is 2.18. The minimum Gasteiger partial charge on any atom is -0.372 e. The zero-order valence-corrected chi connectivity index (χ0v) is 17.1. The van der Waals surface area contributed by atoms with Crippen LogP contribution in [-0.2, 0) is 0 Å². The Kier molecular flexibility index (Phi) is 7.49. The third kappa shape index (κ3) is 5.48. The highest BCUT2D eigenvalue weighted by molar-refractivity contribution is 6.39. The van der Waals surface area contributed by atoms with Gasteiger partial charge in [-0.2, -0.15) is 0 Å². The summed E-state index contributed by atoms with van der Waals surface area (Å²) in [4.78, 5) is 12.9. The van der Waals surface area contributed by atoms with Crippen LogP contribution >= 0.6 is 23.2 Å². The van der Waals surface area contributed by atoms with Crippen LogP contribution in [0.4, 0.5) is 17.1 Å². The summed E-state index contributed by atoms with van der Waals surface area (Å²) in [6, 6.07) is 11.8. The van der Waals surface area contributed by atoms with Gasteiger partial charge in [-0.1, -0.05) is 35.3 Å². The Bertz CT molecular complexity index is 756. The maximum Gasteiger partial charge on any atom is 0.102 e. The number of hydrogen-bond acceptors (Lipinski definition) is 3. The van der Waals surface area contributed by atoms with Crippen LogP contribution in [0, 0.1) is 0 Å². The van der Waals surface area contributed by atoms with Crippen molar-refractivity contribution in [2.24, 2.45) is 9.98 Å². The van der Waals surface area contributed by atoms with E-state index < -0.39 is 0 Å². The van der Waals surface area contributed by atoms with Crippen LogP contribution in [0.1, 0.15) is 19.4 Å². The summed E-state index contributed by atoms with van der Waals surface area (Å²) in [7, 11) is 3.77. The lowest BCUT2D eigenvalue weighted by molar-refractivity contribution is 0.643. The molecule has 0 radical (unpaired) electrons. The maximum atomic E-state index is 6.29. The van der Waals surface area contributed by atoms with E-state index in [0.29, 0.717) is 21.4 Å². The van der Waals surface area contributed by atoms with Crippen LogP contribution in [0.25, 0.3) is 0 Å². The highest BCUT2D eigenvalue weighted by Gasteiger charge is 2.07. The van der Waals surface area contributed by atoms with E-state index in [9.17, 15) is 0 Å². The molecule has 2 aromatic rings. The van der Waals surface area contributed by atoms with Crippen molar-refractivity contribution in [3.8, 4) is 0 Å². The van der Waals surface area contributed by atoms with Gasteiger partial charge in [0.25, 0.3) is 0 Å². The molecule has 0 heterocycles. The van der Waals surface area contributed by atoms with Crippen LogP contribution in [0.15, 0.2) is 46.4 Å². The Hall–Kier alpha value is -2.04. The van der Waals surface area contributed by atoms with Gasteiger partial charge >= 0.3 is 0 Å². The maximum absolute atomic E-state index is 6.29. The van der Waals surface area contributed by atoms with Gasteiger partial charge in [0.15, 0.2) is 0 Å². The number of anilines is 1. The smallest absolute Gasteiger partial charge is 0.102 e. The second kappa shape index (κ2) is 9.60. The van der Waals surface area contributed by atoms with Gasteiger partial charge in [-0.15, -0.1) is 0 Å². The molecule has 0 saturated heterocycles. The number of rotatable bonds is 7. The fourth-order valence-electron chi connectivity index (χ4n) is 2.43. The zero-order valence-electron chi connectivity index (χ0n) is 15.6. The van der Waals surface area contributed by atoms with E-state index in [2.05, 4.69) is 53.0 Å². The van der Waals surface area contributed by atoms with E-state index in [4.69, 9.17) is 23.2 Å². The Morgan fingerprint density at radius 3 is 2.00 bits per heavy atom. The molecule has 0 N–H and O–H groups in total. The van der Waals surface area contributed by atoms with E-state index in [1.54, 1.807) is 24.7 Å². The Morgan fingerprint density at radius 2 is 1.50 bits per heavy atom. The van der Waals surface area contributed by atoms with Crippen LogP contribution in [0.5, 0.6) is 0 Å². The zero-order chi connectivity index (χ0) is 19.1. The summed E-state index contributed by atoms with van der Waals surface area (Å²) >= 11 is 12.6. The highest BCUT2D eigenvalue weighted by Crippen LogP contribution is 2.36. The van der Waals surface area contributed by atoms with E-state index in [0.717, 1.165) is 18.7 Å². The van der Waals surface area contributed by atoms with Gasteiger partial charge in [-0.25, -0.2) is 4.99 Å². The molecule has 0 saturated carbocycles. The summed E-state index contributed by atoms with van der Waals surface area (Å²) in [6.07, 6.45) is 3.46. The molecule has 0 spiro atoms. The van der Waals surface area contributed by atoms with Crippen molar-refractivity contribution in [2.75, 3.05) is 32.1 Å². The summed E-state index contributed by atoms with van der Waals surface area (Å²) < 4.78 is 0. The quantitative estimate of drug-likeness (QED) is 0.440. The second-order valence-corrected chi connectivity index (χ2v) is 6.80. The van der Waals surface area contributed by atoms with E-state index in [-0.39, 0.29) is 0 Å².